The van der Waals surface area contributed by atoms with Gasteiger partial charge in [0.05, 0.1) is 5.56 Å². The Morgan fingerprint density at radius 3 is 2.52 bits per heavy atom. The van der Waals surface area contributed by atoms with E-state index < -0.39 is 23.5 Å². The average molecular weight is 305 g/mol. The smallest absolute Gasteiger partial charge is 0.396 e. The van der Waals surface area contributed by atoms with Crippen LogP contribution in [0.15, 0.2) is 18.2 Å². The number of aliphatic hydroxyl groups is 1. The molecule has 0 radical (unpaired) electrons. The van der Waals surface area contributed by atoms with Crippen LogP contribution in [0.1, 0.15) is 35.2 Å². The molecule has 2 N–H and O–H groups in total. The number of nitrogens with one attached hydrogen (secondary N) is 1. The van der Waals surface area contributed by atoms with Gasteiger partial charge in [0.25, 0.3) is 5.91 Å². The van der Waals surface area contributed by atoms with Gasteiger partial charge in [-0.25, -0.2) is 4.39 Å². The van der Waals surface area contributed by atoms with E-state index >= 15 is 0 Å². The normalized spacial score (nSPS) is 16.6. The SMILES string of the molecule is O=C(NC(CCO)C1CC1)c1cc(F)cc(C(F)(F)F)c1. The fourth-order valence-electron chi connectivity index (χ4n) is 2.20. The van der Waals surface area contributed by atoms with Gasteiger partial charge >= 0.3 is 6.18 Å². The van der Waals surface area contributed by atoms with E-state index in [4.69, 9.17) is 5.11 Å². The van der Waals surface area contributed by atoms with Crippen molar-refractivity contribution in [3.8, 4) is 0 Å². The molecular weight excluding hydrogens is 290 g/mol. The van der Waals surface area contributed by atoms with E-state index in [0.29, 0.717) is 18.6 Å². The van der Waals surface area contributed by atoms with Crippen LogP contribution in [0.5, 0.6) is 0 Å². The average Bonchev–Trinajstić information content (AvgIpc) is 3.20. The monoisotopic (exact) mass is 305 g/mol. The van der Waals surface area contributed by atoms with Crippen molar-refractivity contribution >= 4 is 5.91 Å². The Bertz CT molecular complexity index is 526. The molecule has 7 heteroatoms. The highest BCUT2D eigenvalue weighted by atomic mass is 19.4. The molecule has 0 saturated heterocycles. The zero-order valence-electron chi connectivity index (χ0n) is 11.1. The zero-order chi connectivity index (χ0) is 15.6. The molecule has 0 spiro atoms. The first-order chi connectivity index (χ1) is 9.81. The topological polar surface area (TPSA) is 49.3 Å². The van der Waals surface area contributed by atoms with Crippen LogP contribution in [0, 0.1) is 11.7 Å². The molecule has 3 nitrogen and oxygen atoms in total. The molecule has 0 aliphatic heterocycles. The highest BCUT2D eigenvalue weighted by Gasteiger charge is 2.34. The van der Waals surface area contributed by atoms with Gasteiger partial charge in [0, 0.05) is 18.2 Å². The van der Waals surface area contributed by atoms with Gasteiger partial charge < -0.3 is 10.4 Å². The third kappa shape index (κ3) is 4.17. The number of benzene rings is 1. The van der Waals surface area contributed by atoms with Gasteiger partial charge in [0.1, 0.15) is 5.82 Å². The molecule has 116 valence electrons. The molecule has 1 fully saturated rings. The van der Waals surface area contributed by atoms with Gasteiger partial charge in [-0.3, -0.25) is 4.79 Å². The van der Waals surface area contributed by atoms with Crippen molar-refractivity contribution in [3.05, 3.63) is 35.1 Å². The maximum atomic E-state index is 13.3. The van der Waals surface area contributed by atoms with Gasteiger partial charge in [0.2, 0.25) is 0 Å². The minimum absolute atomic E-state index is 0.127. The fourth-order valence-corrected chi connectivity index (χ4v) is 2.20. The Morgan fingerprint density at radius 1 is 1.33 bits per heavy atom. The predicted molar refractivity (Wildman–Crippen MR) is 67.1 cm³/mol. The summed E-state index contributed by atoms with van der Waals surface area (Å²) >= 11 is 0. The maximum absolute atomic E-state index is 13.3. The molecule has 1 saturated carbocycles. The van der Waals surface area contributed by atoms with Crippen LogP contribution in [-0.2, 0) is 6.18 Å². The quantitative estimate of drug-likeness (QED) is 0.822. The summed E-state index contributed by atoms with van der Waals surface area (Å²) in [4.78, 5) is 12.0. The van der Waals surface area contributed by atoms with Gasteiger partial charge in [-0.1, -0.05) is 0 Å². The molecule has 1 aromatic carbocycles. The number of amides is 1. The lowest BCUT2D eigenvalue weighted by atomic mass is 10.1. The molecule has 21 heavy (non-hydrogen) atoms. The van der Waals surface area contributed by atoms with Crippen molar-refractivity contribution in [2.24, 2.45) is 5.92 Å². The molecular formula is C14H15F4NO2. The first-order valence-electron chi connectivity index (χ1n) is 6.61. The lowest BCUT2D eigenvalue weighted by molar-refractivity contribution is -0.137. The number of hydrogen-bond acceptors (Lipinski definition) is 2. The summed E-state index contributed by atoms with van der Waals surface area (Å²) in [6.45, 7) is -0.127. The van der Waals surface area contributed by atoms with Crippen LogP contribution in [0.3, 0.4) is 0 Å². The number of aliphatic hydroxyl groups excluding tert-OH is 1. The summed E-state index contributed by atoms with van der Waals surface area (Å²) in [5.74, 6) is -1.64. The summed E-state index contributed by atoms with van der Waals surface area (Å²) in [6.07, 6.45) is -2.57. The predicted octanol–water partition coefficient (Wildman–Crippen LogP) is 2.74. The fraction of sp³-hybridized carbons (Fsp3) is 0.500. The number of alkyl halides is 3. The minimum atomic E-state index is -4.71. The van der Waals surface area contributed by atoms with Gasteiger partial charge in [-0.15, -0.1) is 0 Å². The molecule has 1 atom stereocenters. The van der Waals surface area contributed by atoms with Crippen molar-refractivity contribution in [3.63, 3.8) is 0 Å². The minimum Gasteiger partial charge on any atom is -0.396 e. The van der Waals surface area contributed by atoms with Crippen LogP contribution < -0.4 is 5.32 Å². The highest BCUT2D eigenvalue weighted by molar-refractivity contribution is 5.94. The Hall–Kier alpha value is -1.63. The molecule has 1 aromatic rings. The molecule has 0 aromatic heterocycles. The first kappa shape index (κ1) is 15.8. The van der Waals surface area contributed by atoms with Crippen LogP contribution >= 0.6 is 0 Å². The third-order valence-corrected chi connectivity index (χ3v) is 3.43. The molecule has 1 aliphatic rings. The molecule has 1 amide bonds. The molecule has 0 heterocycles. The van der Waals surface area contributed by atoms with E-state index in [2.05, 4.69) is 5.32 Å². The second kappa shape index (κ2) is 6.01. The van der Waals surface area contributed by atoms with E-state index in [9.17, 15) is 22.4 Å². The maximum Gasteiger partial charge on any atom is 0.416 e. The van der Waals surface area contributed by atoms with Crippen molar-refractivity contribution in [2.45, 2.75) is 31.5 Å². The van der Waals surface area contributed by atoms with E-state index in [1.165, 1.54) is 0 Å². The van der Waals surface area contributed by atoms with Crippen LogP contribution in [0.4, 0.5) is 17.6 Å². The van der Waals surface area contributed by atoms with Gasteiger partial charge in [-0.05, 0) is 43.4 Å². The second-order valence-electron chi connectivity index (χ2n) is 5.16. The lowest BCUT2D eigenvalue weighted by Crippen LogP contribution is -2.37. The van der Waals surface area contributed by atoms with E-state index in [1.54, 1.807) is 0 Å². The summed E-state index contributed by atoms with van der Waals surface area (Å²) in [5, 5.41) is 11.5. The number of carbonyl (C=O) groups is 1. The van der Waals surface area contributed by atoms with E-state index in [1.807, 2.05) is 0 Å². The summed E-state index contributed by atoms with van der Waals surface area (Å²) < 4.78 is 51.1. The molecule has 1 aliphatic carbocycles. The second-order valence-corrected chi connectivity index (χ2v) is 5.16. The number of rotatable bonds is 5. The summed E-state index contributed by atoms with van der Waals surface area (Å²) in [5.41, 5.74) is -1.57. The number of carbonyl (C=O) groups excluding carboxylic acids is 1. The van der Waals surface area contributed by atoms with Crippen LogP contribution in [0.2, 0.25) is 0 Å². The standard InChI is InChI=1S/C14H15F4NO2/c15-11-6-9(5-10(7-11)14(16,17)18)13(21)19-12(3-4-20)8-1-2-8/h5-8,12,20H,1-4H2,(H,19,21). The van der Waals surface area contributed by atoms with Crippen molar-refractivity contribution in [2.75, 3.05) is 6.61 Å². The first-order valence-corrected chi connectivity index (χ1v) is 6.61. The van der Waals surface area contributed by atoms with E-state index in [0.717, 1.165) is 18.9 Å². The van der Waals surface area contributed by atoms with Gasteiger partial charge in [-0.2, -0.15) is 13.2 Å². The Kier molecular flexibility index (Phi) is 4.51. The number of hydrogen-bond donors (Lipinski definition) is 2. The molecule has 0 bridgehead atoms. The van der Waals surface area contributed by atoms with Crippen molar-refractivity contribution in [1.82, 2.24) is 5.32 Å². The highest BCUT2D eigenvalue weighted by Crippen LogP contribution is 2.34. The largest absolute Gasteiger partial charge is 0.416 e. The van der Waals surface area contributed by atoms with Gasteiger partial charge in [0.15, 0.2) is 0 Å². The third-order valence-electron chi connectivity index (χ3n) is 3.43. The summed E-state index contributed by atoms with van der Waals surface area (Å²) in [7, 11) is 0. The Morgan fingerprint density at radius 2 is 2.00 bits per heavy atom. The summed E-state index contributed by atoms with van der Waals surface area (Å²) in [6, 6.07) is 1.46. The van der Waals surface area contributed by atoms with E-state index in [-0.39, 0.29) is 24.1 Å². The Balaban J connectivity index is 2.16. The van der Waals surface area contributed by atoms with Crippen molar-refractivity contribution in [1.29, 1.82) is 0 Å². The molecule has 1 unspecified atom stereocenters. The Labute approximate surface area is 119 Å². The van der Waals surface area contributed by atoms with Crippen LogP contribution in [-0.4, -0.2) is 23.7 Å². The molecule has 2 rings (SSSR count). The van der Waals surface area contributed by atoms with Crippen LogP contribution in [0.25, 0.3) is 0 Å². The van der Waals surface area contributed by atoms with Crippen molar-refractivity contribution < 1.29 is 27.5 Å². The lowest BCUT2D eigenvalue weighted by Gasteiger charge is -2.17. The number of halogens is 4. The zero-order valence-corrected chi connectivity index (χ0v) is 11.1.